The quantitative estimate of drug-likeness (QED) is 0.675. The molecule has 1 amide bonds. The number of hydrogen-bond acceptors (Lipinski definition) is 3. The van der Waals surface area contributed by atoms with E-state index in [0.717, 1.165) is 39.0 Å². The minimum atomic E-state index is 0.144. The van der Waals surface area contributed by atoms with Gasteiger partial charge in [-0.1, -0.05) is 61.4 Å². The van der Waals surface area contributed by atoms with Crippen molar-refractivity contribution in [2.75, 3.05) is 26.2 Å². The van der Waals surface area contributed by atoms with Crippen molar-refractivity contribution in [3.8, 4) is 0 Å². The molecule has 0 bridgehead atoms. The first-order valence-electron chi connectivity index (χ1n) is 12.5. The molecule has 172 valence electrons. The predicted molar refractivity (Wildman–Crippen MR) is 131 cm³/mol. The maximum Gasteiger partial charge on any atom is 0.223 e. The molecule has 0 atom stereocenters. The molecule has 0 saturated carbocycles. The van der Waals surface area contributed by atoms with Gasteiger partial charge in [0.15, 0.2) is 0 Å². The van der Waals surface area contributed by atoms with Gasteiger partial charge in [-0.25, -0.2) is 0 Å². The molecular weight excluding hydrogens is 394 g/mol. The highest BCUT2D eigenvalue weighted by Crippen LogP contribution is 2.21. The summed E-state index contributed by atoms with van der Waals surface area (Å²) in [6.07, 6.45) is 7.31. The Morgan fingerprint density at radius 1 is 0.812 bits per heavy atom. The highest BCUT2D eigenvalue weighted by atomic mass is 16.1. The van der Waals surface area contributed by atoms with Crippen molar-refractivity contribution in [1.82, 2.24) is 15.1 Å². The summed E-state index contributed by atoms with van der Waals surface area (Å²) in [6, 6.07) is 17.4. The van der Waals surface area contributed by atoms with Crippen molar-refractivity contribution >= 4 is 5.91 Å². The average molecular weight is 434 g/mol. The minimum Gasteiger partial charge on any atom is -0.352 e. The predicted octanol–water partition coefficient (Wildman–Crippen LogP) is 4.90. The van der Waals surface area contributed by atoms with Gasteiger partial charge in [0, 0.05) is 25.6 Å². The second kappa shape index (κ2) is 11.6. The number of carbonyl (C=O) groups excluding carboxylic acids is 1. The summed E-state index contributed by atoms with van der Waals surface area (Å²) >= 11 is 0. The Labute approximate surface area is 194 Å². The minimum absolute atomic E-state index is 0.144. The van der Waals surface area contributed by atoms with Crippen molar-refractivity contribution in [2.45, 2.75) is 65.1 Å². The Kier molecular flexibility index (Phi) is 8.36. The Hall–Kier alpha value is -2.17. The molecule has 32 heavy (non-hydrogen) atoms. The number of piperidine rings is 1. The maximum atomic E-state index is 12.7. The van der Waals surface area contributed by atoms with Gasteiger partial charge in [-0.15, -0.1) is 0 Å². The largest absolute Gasteiger partial charge is 0.352 e. The van der Waals surface area contributed by atoms with Crippen LogP contribution in [0.15, 0.2) is 48.5 Å². The van der Waals surface area contributed by atoms with Crippen LogP contribution in [-0.4, -0.2) is 41.9 Å². The number of rotatable bonds is 7. The number of nitrogens with zero attached hydrogens (tertiary/aromatic N) is 2. The van der Waals surface area contributed by atoms with Crippen molar-refractivity contribution in [1.29, 1.82) is 0 Å². The summed E-state index contributed by atoms with van der Waals surface area (Å²) < 4.78 is 0. The third-order valence-corrected chi connectivity index (χ3v) is 7.21. The second-order valence-corrected chi connectivity index (χ2v) is 9.70. The highest BCUT2D eigenvalue weighted by Gasteiger charge is 2.25. The first-order chi connectivity index (χ1) is 15.7. The molecule has 2 heterocycles. The third kappa shape index (κ3) is 6.66. The van der Waals surface area contributed by atoms with E-state index in [2.05, 4.69) is 70.6 Å². The van der Waals surface area contributed by atoms with Crippen LogP contribution in [0.2, 0.25) is 0 Å². The number of benzene rings is 2. The normalized spacial score (nSPS) is 18.9. The lowest BCUT2D eigenvalue weighted by Crippen LogP contribution is -2.40. The van der Waals surface area contributed by atoms with Crippen LogP contribution in [0.1, 0.15) is 60.8 Å². The highest BCUT2D eigenvalue weighted by molar-refractivity contribution is 5.78. The van der Waals surface area contributed by atoms with Crippen LogP contribution in [0, 0.1) is 12.8 Å². The zero-order valence-corrected chi connectivity index (χ0v) is 19.7. The molecule has 0 aliphatic carbocycles. The smallest absolute Gasteiger partial charge is 0.223 e. The fourth-order valence-electron chi connectivity index (χ4n) is 5.03. The zero-order valence-electron chi connectivity index (χ0n) is 19.7. The van der Waals surface area contributed by atoms with Crippen molar-refractivity contribution in [3.05, 3.63) is 70.8 Å². The fourth-order valence-corrected chi connectivity index (χ4v) is 5.03. The van der Waals surface area contributed by atoms with E-state index in [0.29, 0.717) is 6.54 Å². The fraction of sp³-hybridized carbons (Fsp3) is 0.536. The van der Waals surface area contributed by atoms with Gasteiger partial charge in [0.05, 0.1) is 0 Å². The molecule has 0 unspecified atom stereocenters. The van der Waals surface area contributed by atoms with Crippen molar-refractivity contribution < 1.29 is 4.79 Å². The molecule has 2 aliphatic rings. The van der Waals surface area contributed by atoms with Gasteiger partial charge in [-0.3, -0.25) is 14.6 Å². The van der Waals surface area contributed by atoms with E-state index in [4.69, 9.17) is 0 Å². The van der Waals surface area contributed by atoms with Crippen LogP contribution in [0.25, 0.3) is 0 Å². The van der Waals surface area contributed by atoms with E-state index in [1.54, 1.807) is 0 Å². The van der Waals surface area contributed by atoms with E-state index in [9.17, 15) is 4.79 Å². The Morgan fingerprint density at radius 2 is 1.44 bits per heavy atom. The standard InChI is InChI=1S/C28H39N3O/c1-23-8-4-5-9-27(23)22-31-18-14-26(15-19-31)28(32)29-20-24-10-12-25(13-11-24)21-30-16-6-2-3-7-17-30/h4-5,8-13,26H,2-3,6-7,14-22H2,1H3,(H,29,32). The molecule has 1 N–H and O–H groups in total. The Bertz CT molecular complexity index is 847. The zero-order chi connectivity index (χ0) is 22.2. The molecule has 2 aromatic carbocycles. The van der Waals surface area contributed by atoms with Gasteiger partial charge >= 0.3 is 0 Å². The first kappa shape index (κ1) is 23.0. The van der Waals surface area contributed by atoms with Crippen LogP contribution in [0.5, 0.6) is 0 Å². The molecule has 2 aliphatic heterocycles. The van der Waals surface area contributed by atoms with Gasteiger partial charge in [-0.2, -0.15) is 0 Å². The van der Waals surface area contributed by atoms with Crippen molar-refractivity contribution in [2.24, 2.45) is 5.92 Å². The van der Waals surface area contributed by atoms with Gasteiger partial charge in [0.2, 0.25) is 5.91 Å². The molecule has 0 spiro atoms. The summed E-state index contributed by atoms with van der Waals surface area (Å²) in [4.78, 5) is 17.8. The molecule has 0 aromatic heterocycles. The van der Waals surface area contributed by atoms with Crippen LogP contribution < -0.4 is 5.32 Å². The van der Waals surface area contributed by atoms with E-state index in [1.165, 1.54) is 61.0 Å². The number of likely N-dealkylation sites (tertiary alicyclic amines) is 2. The third-order valence-electron chi connectivity index (χ3n) is 7.21. The molecule has 0 radical (unpaired) electrons. The number of amides is 1. The van der Waals surface area contributed by atoms with Crippen LogP contribution in [-0.2, 0) is 24.4 Å². The van der Waals surface area contributed by atoms with E-state index < -0.39 is 0 Å². The molecule has 2 saturated heterocycles. The topological polar surface area (TPSA) is 35.6 Å². The molecular formula is C28H39N3O. The van der Waals surface area contributed by atoms with E-state index >= 15 is 0 Å². The summed E-state index contributed by atoms with van der Waals surface area (Å²) in [5.74, 6) is 0.361. The van der Waals surface area contributed by atoms with Gasteiger partial charge in [-0.05, 0) is 81.0 Å². The van der Waals surface area contributed by atoms with E-state index in [1.807, 2.05) is 0 Å². The molecule has 4 rings (SSSR count). The lowest BCUT2D eigenvalue weighted by Gasteiger charge is -2.31. The summed E-state index contributed by atoms with van der Waals surface area (Å²) in [7, 11) is 0. The number of carbonyl (C=O) groups is 1. The number of aryl methyl sites for hydroxylation is 1. The second-order valence-electron chi connectivity index (χ2n) is 9.70. The number of nitrogens with one attached hydrogen (secondary N) is 1. The average Bonchev–Trinajstić information content (AvgIpc) is 3.09. The van der Waals surface area contributed by atoms with Gasteiger partial charge < -0.3 is 5.32 Å². The molecule has 2 fully saturated rings. The van der Waals surface area contributed by atoms with Gasteiger partial charge in [0.25, 0.3) is 0 Å². The summed E-state index contributed by atoms with van der Waals surface area (Å²) in [5, 5.41) is 3.18. The van der Waals surface area contributed by atoms with Crippen LogP contribution in [0.3, 0.4) is 0 Å². The number of hydrogen-bond donors (Lipinski definition) is 1. The Morgan fingerprint density at radius 3 is 2.12 bits per heavy atom. The van der Waals surface area contributed by atoms with E-state index in [-0.39, 0.29) is 11.8 Å². The molecule has 4 heteroatoms. The van der Waals surface area contributed by atoms with Gasteiger partial charge in [0.1, 0.15) is 0 Å². The lowest BCUT2D eigenvalue weighted by molar-refractivity contribution is -0.126. The van der Waals surface area contributed by atoms with Crippen molar-refractivity contribution in [3.63, 3.8) is 0 Å². The van der Waals surface area contributed by atoms with Crippen LogP contribution >= 0.6 is 0 Å². The maximum absolute atomic E-state index is 12.7. The molecule has 2 aromatic rings. The summed E-state index contributed by atoms with van der Waals surface area (Å²) in [5.41, 5.74) is 5.32. The SMILES string of the molecule is Cc1ccccc1CN1CCC(C(=O)NCc2ccc(CN3CCCCCC3)cc2)CC1. The Balaban J connectivity index is 1.18. The lowest BCUT2D eigenvalue weighted by atomic mass is 9.95. The van der Waals surface area contributed by atoms with Crippen LogP contribution in [0.4, 0.5) is 0 Å². The molecule has 4 nitrogen and oxygen atoms in total. The summed E-state index contributed by atoms with van der Waals surface area (Å²) in [6.45, 7) is 9.29. The first-order valence-corrected chi connectivity index (χ1v) is 12.5. The monoisotopic (exact) mass is 433 g/mol.